The Morgan fingerprint density at radius 1 is 1.37 bits per heavy atom. The number of carbonyl (C=O) groups excluding carboxylic acids is 1. The maximum atomic E-state index is 11.6. The summed E-state index contributed by atoms with van der Waals surface area (Å²) < 4.78 is 14.8. The summed E-state index contributed by atoms with van der Waals surface area (Å²) in [6.07, 6.45) is 1.57. The molecule has 10 nitrogen and oxygen atoms in total. The minimum Gasteiger partial charge on any atom is -1.00 e. The van der Waals surface area contributed by atoms with Gasteiger partial charge in [0.05, 0.1) is 6.20 Å². The SMILES string of the molecule is CC1(NC(=O)OP(=O)(O)O)CCN(c2cnc3nc(Cl)ccc3n2)CC1.[H-].[K+]. The van der Waals surface area contributed by atoms with Crippen LogP contribution in [0.5, 0.6) is 0 Å². The van der Waals surface area contributed by atoms with Gasteiger partial charge in [0, 0.05) is 18.6 Å². The van der Waals surface area contributed by atoms with Crippen LogP contribution >= 0.6 is 19.4 Å². The molecule has 27 heavy (non-hydrogen) atoms. The molecule has 0 atom stereocenters. The summed E-state index contributed by atoms with van der Waals surface area (Å²) in [5, 5.41) is 2.87. The summed E-state index contributed by atoms with van der Waals surface area (Å²) in [4.78, 5) is 43.9. The van der Waals surface area contributed by atoms with Crippen LogP contribution in [-0.2, 0) is 9.09 Å². The van der Waals surface area contributed by atoms with Gasteiger partial charge in [-0.25, -0.2) is 24.3 Å². The predicted molar refractivity (Wildman–Crippen MR) is 95.0 cm³/mol. The molecule has 0 unspecified atom stereocenters. The third kappa shape index (κ3) is 6.31. The van der Waals surface area contributed by atoms with Gasteiger partial charge in [0.25, 0.3) is 0 Å². The van der Waals surface area contributed by atoms with E-state index in [0.717, 1.165) is 0 Å². The average molecular weight is 442 g/mol. The van der Waals surface area contributed by atoms with Gasteiger partial charge in [-0.1, -0.05) is 11.6 Å². The second-order valence-corrected chi connectivity index (χ2v) is 7.80. The molecule has 0 bridgehead atoms. The van der Waals surface area contributed by atoms with Crippen molar-refractivity contribution in [3.8, 4) is 0 Å². The molecule has 1 amide bonds. The number of piperidine rings is 1. The molecule has 13 heteroatoms. The van der Waals surface area contributed by atoms with Crippen LogP contribution in [0.3, 0.4) is 0 Å². The van der Waals surface area contributed by atoms with Gasteiger partial charge in [-0.15, -0.1) is 0 Å². The van der Waals surface area contributed by atoms with E-state index >= 15 is 0 Å². The Bertz CT molecular complexity index is 896. The van der Waals surface area contributed by atoms with Crippen LogP contribution in [0.4, 0.5) is 10.6 Å². The number of halogens is 1. The molecule has 3 rings (SSSR count). The summed E-state index contributed by atoms with van der Waals surface area (Å²) >= 11 is 5.84. The van der Waals surface area contributed by atoms with Crippen molar-refractivity contribution in [3.05, 3.63) is 23.5 Å². The molecule has 1 fully saturated rings. The second kappa shape index (κ2) is 8.98. The fourth-order valence-electron chi connectivity index (χ4n) is 2.76. The molecule has 0 radical (unpaired) electrons. The van der Waals surface area contributed by atoms with Crippen molar-refractivity contribution in [2.24, 2.45) is 0 Å². The maximum Gasteiger partial charge on any atom is 1.00 e. The number of rotatable bonds is 3. The topological polar surface area (TPSA) is 138 Å². The summed E-state index contributed by atoms with van der Waals surface area (Å²) in [6, 6.07) is 3.39. The molecule has 0 spiro atoms. The minimum absolute atomic E-state index is 0. The summed E-state index contributed by atoms with van der Waals surface area (Å²) in [6.45, 7) is 2.95. The Morgan fingerprint density at radius 3 is 2.67 bits per heavy atom. The summed E-state index contributed by atoms with van der Waals surface area (Å²) in [5.41, 5.74) is 0.454. The van der Waals surface area contributed by atoms with Gasteiger partial charge in [0.2, 0.25) is 0 Å². The van der Waals surface area contributed by atoms with Crippen molar-refractivity contribution in [2.75, 3.05) is 18.0 Å². The van der Waals surface area contributed by atoms with Gasteiger partial charge in [0.15, 0.2) is 5.65 Å². The molecule has 142 valence electrons. The van der Waals surface area contributed by atoms with Crippen molar-refractivity contribution in [1.29, 1.82) is 0 Å². The molecular weight excluding hydrogens is 424 g/mol. The largest absolute Gasteiger partial charge is 1.00 e. The van der Waals surface area contributed by atoms with Crippen molar-refractivity contribution >= 4 is 42.5 Å². The average Bonchev–Trinajstić information content (AvgIpc) is 2.53. The minimum atomic E-state index is -4.86. The number of fused-ring (bicyclic) bond motifs is 1. The monoisotopic (exact) mass is 441 g/mol. The number of phosphoric acid groups is 1. The van der Waals surface area contributed by atoms with Crippen molar-refractivity contribution in [2.45, 2.75) is 25.3 Å². The molecule has 2 aromatic rings. The summed E-state index contributed by atoms with van der Waals surface area (Å²) in [5.74, 6) is 0.682. The van der Waals surface area contributed by atoms with Gasteiger partial charge in [-0.3, -0.25) is 9.79 Å². The number of nitrogens with zero attached hydrogens (tertiary/aromatic N) is 4. The van der Waals surface area contributed by atoms with E-state index in [1.807, 2.05) is 4.90 Å². The van der Waals surface area contributed by atoms with Crippen LogP contribution in [0, 0.1) is 0 Å². The Kier molecular flexibility index (Phi) is 7.62. The van der Waals surface area contributed by atoms with E-state index in [9.17, 15) is 9.36 Å². The second-order valence-electron chi connectivity index (χ2n) is 6.25. The first-order chi connectivity index (χ1) is 12.1. The quantitative estimate of drug-likeness (QED) is 0.310. The normalized spacial score (nSPS) is 16.5. The third-order valence-corrected chi connectivity index (χ3v) is 4.77. The molecular formula is C14H18ClKN5O5P. The number of pyridine rings is 1. The van der Waals surface area contributed by atoms with Crippen LogP contribution in [0.1, 0.15) is 21.2 Å². The van der Waals surface area contributed by atoms with E-state index in [1.165, 1.54) is 0 Å². The first kappa shape index (κ1) is 22.9. The zero-order valence-electron chi connectivity index (χ0n) is 15.8. The molecule has 0 aliphatic carbocycles. The van der Waals surface area contributed by atoms with E-state index in [2.05, 4.69) is 24.8 Å². The number of carbonyl (C=O) groups is 1. The fraction of sp³-hybridized carbons (Fsp3) is 0.429. The molecule has 1 saturated heterocycles. The van der Waals surface area contributed by atoms with Crippen LogP contribution in [-0.4, -0.2) is 49.5 Å². The molecule has 3 N–H and O–H groups in total. The summed E-state index contributed by atoms with van der Waals surface area (Å²) in [7, 11) is -4.86. The predicted octanol–water partition coefficient (Wildman–Crippen LogP) is -1.03. The van der Waals surface area contributed by atoms with Crippen LogP contribution in [0.2, 0.25) is 5.15 Å². The van der Waals surface area contributed by atoms with Crippen molar-refractivity contribution in [3.63, 3.8) is 0 Å². The Morgan fingerprint density at radius 2 is 2.04 bits per heavy atom. The Hall–Kier alpha value is -0.364. The number of hydrogen-bond acceptors (Lipinski definition) is 7. The van der Waals surface area contributed by atoms with E-state index in [0.29, 0.717) is 48.1 Å². The molecule has 0 saturated carbocycles. The van der Waals surface area contributed by atoms with Crippen LogP contribution in [0.15, 0.2) is 18.3 Å². The van der Waals surface area contributed by atoms with Crippen LogP contribution < -0.4 is 61.6 Å². The van der Waals surface area contributed by atoms with Gasteiger partial charge in [0.1, 0.15) is 16.5 Å². The Labute approximate surface area is 204 Å². The number of amides is 1. The van der Waals surface area contributed by atoms with Gasteiger partial charge in [-0.2, -0.15) is 0 Å². The van der Waals surface area contributed by atoms with Gasteiger partial charge < -0.3 is 16.2 Å². The maximum absolute atomic E-state index is 11.6. The van der Waals surface area contributed by atoms with E-state index in [1.54, 1.807) is 25.3 Å². The first-order valence-electron chi connectivity index (χ1n) is 7.75. The molecule has 1 aliphatic rings. The van der Waals surface area contributed by atoms with E-state index in [-0.39, 0.29) is 52.8 Å². The number of phosphoric ester groups is 1. The fourth-order valence-corrected chi connectivity index (χ4v) is 3.16. The van der Waals surface area contributed by atoms with Crippen molar-refractivity contribution < 1.29 is 76.5 Å². The van der Waals surface area contributed by atoms with E-state index in [4.69, 9.17) is 21.4 Å². The molecule has 1 aliphatic heterocycles. The zero-order chi connectivity index (χ0) is 18.9. The standard InChI is InChI=1S/C14H17ClN5O5P.K.H/c1-14(19-13(21)25-26(22,23)24)4-6-20(7-5-14)11-8-16-12-9(17-11)2-3-10(15)18-12;;/h2-3,8H,4-7H2,1H3,(H,19,21)(H2,22,23,24);;/q;+1;-1. The number of hydrogen-bond donors (Lipinski definition) is 3. The Balaban J connectivity index is 0.00000196. The molecule has 0 aromatic carbocycles. The molecule has 2 aromatic heterocycles. The third-order valence-electron chi connectivity index (χ3n) is 4.15. The number of anilines is 1. The number of aromatic nitrogens is 3. The first-order valence-corrected chi connectivity index (χ1v) is 9.66. The smallest absolute Gasteiger partial charge is 1.00 e. The van der Waals surface area contributed by atoms with Gasteiger partial charge in [-0.05, 0) is 31.9 Å². The van der Waals surface area contributed by atoms with Crippen molar-refractivity contribution in [1.82, 2.24) is 20.3 Å². The van der Waals surface area contributed by atoms with E-state index < -0.39 is 19.5 Å². The zero-order valence-corrected chi connectivity index (χ0v) is 19.6. The van der Waals surface area contributed by atoms with Crippen LogP contribution in [0.25, 0.3) is 11.2 Å². The molecule has 3 heterocycles. The van der Waals surface area contributed by atoms with Gasteiger partial charge >= 0.3 is 65.3 Å². The number of nitrogens with one attached hydrogen (secondary N) is 1.